The first-order valence-corrected chi connectivity index (χ1v) is 7.31. The zero-order chi connectivity index (χ0) is 14.8. The van der Waals surface area contributed by atoms with Crippen LogP contribution in [0.5, 0.6) is 0 Å². The van der Waals surface area contributed by atoms with Crippen molar-refractivity contribution in [2.45, 2.75) is 19.8 Å². The van der Waals surface area contributed by atoms with Gasteiger partial charge in [-0.3, -0.25) is 9.78 Å². The first kappa shape index (κ1) is 13.6. The van der Waals surface area contributed by atoms with E-state index in [-0.39, 0.29) is 5.97 Å². The Morgan fingerprint density at radius 1 is 1.48 bits per heavy atom. The molecule has 3 aromatic heterocycles. The van der Waals surface area contributed by atoms with Gasteiger partial charge in [-0.1, -0.05) is 11.3 Å². The predicted molar refractivity (Wildman–Crippen MR) is 76.9 cm³/mol. The number of pyridine rings is 1. The molecule has 0 saturated carbocycles. The van der Waals surface area contributed by atoms with Gasteiger partial charge in [0.2, 0.25) is 4.96 Å². The highest BCUT2D eigenvalue weighted by atomic mass is 32.1. The van der Waals surface area contributed by atoms with Gasteiger partial charge in [-0.25, -0.2) is 0 Å². The molecule has 1 unspecified atom stereocenters. The van der Waals surface area contributed by atoms with Gasteiger partial charge in [-0.2, -0.15) is 9.61 Å². The number of aromatic nitrogens is 5. The van der Waals surface area contributed by atoms with Gasteiger partial charge in [0.15, 0.2) is 5.82 Å². The summed E-state index contributed by atoms with van der Waals surface area (Å²) in [7, 11) is 0. The Labute approximate surface area is 124 Å². The molecule has 0 aromatic carbocycles. The van der Waals surface area contributed by atoms with Gasteiger partial charge >= 0.3 is 5.97 Å². The summed E-state index contributed by atoms with van der Waals surface area (Å²) >= 11 is 1.33. The lowest BCUT2D eigenvalue weighted by molar-refractivity contribution is -0.144. The molecule has 0 spiro atoms. The van der Waals surface area contributed by atoms with Crippen molar-refractivity contribution in [2.75, 3.05) is 6.61 Å². The van der Waals surface area contributed by atoms with Crippen molar-refractivity contribution in [1.82, 2.24) is 24.8 Å². The van der Waals surface area contributed by atoms with Crippen LogP contribution in [-0.2, 0) is 9.53 Å². The van der Waals surface area contributed by atoms with Gasteiger partial charge in [0, 0.05) is 18.0 Å². The first-order valence-electron chi connectivity index (χ1n) is 6.50. The monoisotopic (exact) mass is 303 g/mol. The Morgan fingerprint density at radius 2 is 2.33 bits per heavy atom. The van der Waals surface area contributed by atoms with E-state index >= 15 is 0 Å². The highest BCUT2D eigenvalue weighted by Gasteiger charge is 2.23. The topological polar surface area (TPSA) is 82.3 Å². The van der Waals surface area contributed by atoms with Crippen molar-refractivity contribution < 1.29 is 9.53 Å². The lowest BCUT2D eigenvalue weighted by atomic mass is 10.2. The van der Waals surface area contributed by atoms with Gasteiger partial charge in [0.05, 0.1) is 6.61 Å². The summed E-state index contributed by atoms with van der Waals surface area (Å²) in [5, 5.41) is 13.3. The molecule has 0 amide bonds. The van der Waals surface area contributed by atoms with Crippen LogP contribution in [0.25, 0.3) is 16.3 Å². The Morgan fingerprint density at radius 3 is 3.05 bits per heavy atom. The second-order valence-electron chi connectivity index (χ2n) is 4.37. The standard InChI is InChI=1S/C13H13N5O2S/c1-3-20-12(19)8(2)11-17-18-10(15-16-13(18)21-11)9-5-4-6-14-7-9/h4-8H,3H2,1-2H3. The third-order valence-electron chi connectivity index (χ3n) is 2.94. The van der Waals surface area contributed by atoms with Crippen LogP contribution >= 0.6 is 11.3 Å². The van der Waals surface area contributed by atoms with Crippen molar-refractivity contribution >= 4 is 22.3 Å². The van der Waals surface area contributed by atoms with Crippen molar-refractivity contribution in [2.24, 2.45) is 0 Å². The van der Waals surface area contributed by atoms with E-state index in [1.807, 2.05) is 12.1 Å². The molecule has 0 saturated heterocycles. The molecular weight excluding hydrogens is 290 g/mol. The fourth-order valence-electron chi connectivity index (χ4n) is 1.85. The van der Waals surface area contributed by atoms with E-state index in [0.29, 0.717) is 22.4 Å². The molecule has 0 fully saturated rings. The maximum atomic E-state index is 11.8. The van der Waals surface area contributed by atoms with Crippen LogP contribution in [0.15, 0.2) is 24.5 Å². The highest BCUT2D eigenvalue weighted by molar-refractivity contribution is 7.16. The molecule has 0 N–H and O–H groups in total. The molecule has 0 aliphatic carbocycles. The fraction of sp³-hybridized carbons (Fsp3) is 0.308. The summed E-state index contributed by atoms with van der Waals surface area (Å²) in [5.74, 6) is -0.0968. The Balaban J connectivity index is 1.98. The van der Waals surface area contributed by atoms with Crippen LogP contribution in [0.2, 0.25) is 0 Å². The summed E-state index contributed by atoms with van der Waals surface area (Å²) in [6.45, 7) is 3.91. The van der Waals surface area contributed by atoms with E-state index in [9.17, 15) is 4.79 Å². The Kier molecular flexibility index (Phi) is 3.61. The van der Waals surface area contributed by atoms with E-state index in [0.717, 1.165) is 5.56 Å². The number of esters is 1. The predicted octanol–water partition coefficient (Wildman–Crippen LogP) is 1.91. The third kappa shape index (κ3) is 2.49. The number of carbonyl (C=O) groups excluding carboxylic acids is 1. The minimum absolute atomic E-state index is 0.287. The zero-order valence-electron chi connectivity index (χ0n) is 11.6. The number of hydrogen-bond donors (Lipinski definition) is 0. The van der Waals surface area contributed by atoms with Crippen LogP contribution in [-0.4, -0.2) is 37.4 Å². The molecule has 3 aromatic rings. The Bertz CT molecular complexity index is 767. The van der Waals surface area contributed by atoms with E-state index in [1.54, 1.807) is 30.8 Å². The average Bonchev–Trinajstić information content (AvgIpc) is 3.07. The number of hydrogen-bond acceptors (Lipinski definition) is 7. The maximum absolute atomic E-state index is 11.8. The minimum atomic E-state index is -0.418. The molecular formula is C13H13N5O2S. The van der Waals surface area contributed by atoms with Crippen LogP contribution in [0.1, 0.15) is 24.8 Å². The fourth-order valence-corrected chi connectivity index (χ4v) is 2.73. The smallest absolute Gasteiger partial charge is 0.315 e. The van der Waals surface area contributed by atoms with Crippen LogP contribution < -0.4 is 0 Å². The highest BCUT2D eigenvalue weighted by Crippen LogP contribution is 2.26. The summed E-state index contributed by atoms with van der Waals surface area (Å²) in [4.78, 5) is 16.5. The van der Waals surface area contributed by atoms with E-state index in [4.69, 9.17) is 4.74 Å². The minimum Gasteiger partial charge on any atom is -0.465 e. The molecule has 0 radical (unpaired) electrons. The van der Waals surface area contributed by atoms with Crippen LogP contribution in [0.3, 0.4) is 0 Å². The lowest BCUT2D eigenvalue weighted by Crippen LogP contribution is -2.13. The first-order chi connectivity index (χ1) is 10.2. The van der Waals surface area contributed by atoms with Crippen molar-refractivity contribution in [1.29, 1.82) is 0 Å². The van der Waals surface area contributed by atoms with Gasteiger partial charge in [0.25, 0.3) is 0 Å². The van der Waals surface area contributed by atoms with Crippen molar-refractivity contribution in [3.8, 4) is 11.4 Å². The summed E-state index contributed by atoms with van der Waals surface area (Å²) in [6, 6.07) is 3.71. The van der Waals surface area contributed by atoms with E-state index < -0.39 is 5.92 Å². The number of rotatable bonds is 4. The second kappa shape index (κ2) is 5.57. The molecule has 7 nitrogen and oxygen atoms in total. The lowest BCUT2D eigenvalue weighted by Gasteiger charge is -2.05. The van der Waals surface area contributed by atoms with Gasteiger partial charge in [-0.15, -0.1) is 10.2 Å². The van der Waals surface area contributed by atoms with Crippen molar-refractivity contribution in [3.05, 3.63) is 29.5 Å². The van der Waals surface area contributed by atoms with E-state index in [1.165, 1.54) is 11.3 Å². The van der Waals surface area contributed by atoms with Gasteiger partial charge < -0.3 is 4.74 Å². The molecule has 108 valence electrons. The third-order valence-corrected chi connectivity index (χ3v) is 4.02. The summed E-state index contributed by atoms with van der Waals surface area (Å²) in [6.07, 6.45) is 3.39. The number of fused-ring (bicyclic) bond motifs is 1. The van der Waals surface area contributed by atoms with Gasteiger partial charge in [0.1, 0.15) is 10.9 Å². The summed E-state index contributed by atoms with van der Waals surface area (Å²) < 4.78 is 6.65. The molecule has 21 heavy (non-hydrogen) atoms. The van der Waals surface area contributed by atoms with Gasteiger partial charge in [-0.05, 0) is 26.0 Å². The van der Waals surface area contributed by atoms with Crippen LogP contribution in [0, 0.1) is 0 Å². The molecule has 3 rings (SSSR count). The van der Waals surface area contributed by atoms with Crippen LogP contribution in [0.4, 0.5) is 0 Å². The number of carbonyl (C=O) groups is 1. The molecule has 0 bridgehead atoms. The van der Waals surface area contributed by atoms with E-state index in [2.05, 4.69) is 20.3 Å². The Hall–Kier alpha value is -2.35. The maximum Gasteiger partial charge on any atom is 0.315 e. The molecule has 8 heteroatoms. The van der Waals surface area contributed by atoms with Crippen molar-refractivity contribution in [3.63, 3.8) is 0 Å². The molecule has 3 heterocycles. The SMILES string of the molecule is CCOC(=O)C(C)c1nn2c(-c3cccnc3)nnc2s1. The largest absolute Gasteiger partial charge is 0.465 e. The molecule has 0 aliphatic heterocycles. The second-order valence-corrected chi connectivity index (χ2v) is 5.36. The normalized spacial score (nSPS) is 12.5. The zero-order valence-corrected chi connectivity index (χ0v) is 12.4. The molecule has 0 aliphatic rings. The summed E-state index contributed by atoms with van der Waals surface area (Å²) in [5.41, 5.74) is 0.825. The number of ether oxygens (including phenoxy) is 1. The average molecular weight is 303 g/mol. The quantitative estimate of drug-likeness (QED) is 0.685. The number of nitrogens with zero attached hydrogens (tertiary/aromatic N) is 5. The molecule has 1 atom stereocenters.